The van der Waals surface area contributed by atoms with Crippen LogP contribution >= 0.6 is 0 Å². The summed E-state index contributed by atoms with van der Waals surface area (Å²) in [5, 5.41) is 9.11. The van der Waals surface area contributed by atoms with Crippen molar-refractivity contribution in [3.63, 3.8) is 0 Å². The molecule has 122 valence electrons. The molecule has 1 amide bonds. The molecule has 1 aliphatic heterocycles. The van der Waals surface area contributed by atoms with Crippen molar-refractivity contribution < 1.29 is 19.1 Å². The summed E-state index contributed by atoms with van der Waals surface area (Å²) < 4.78 is 5.67. The Morgan fingerprint density at radius 2 is 2.09 bits per heavy atom. The number of oxazole rings is 1. The van der Waals surface area contributed by atoms with Crippen LogP contribution in [0.1, 0.15) is 45.8 Å². The molecule has 0 radical (unpaired) electrons. The largest absolute Gasteiger partial charge is 0.481 e. The van der Waals surface area contributed by atoms with Crippen LogP contribution in [0.15, 0.2) is 10.6 Å². The molecule has 0 spiro atoms. The van der Waals surface area contributed by atoms with E-state index in [9.17, 15) is 9.59 Å². The molecule has 6 nitrogen and oxygen atoms in total. The second-order valence-electron chi connectivity index (χ2n) is 7.09. The Morgan fingerprint density at radius 3 is 2.59 bits per heavy atom. The molecule has 1 N–H and O–H groups in total. The molecular weight excluding hydrogens is 284 g/mol. The van der Waals surface area contributed by atoms with Crippen LogP contribution in [-0.2, 0) is 21.4 Å². The molecule has 0 aliphatic carbocycles. The van der Waals surface area contributed by atoms with E-state index in [1.54, 1.807) is 11.1 Å². The van der Waals surface area contributed by atoms with Gasteiger partial charge in [-0.3, -0.25) is 9.59 Å². The highest BCUT2D eigenvalue weighted by Crippen LogP contribution is 2.25. The quantitative estimate of drug-likeness (QED) is 0.920. The number of carbonyl (C=O) groups excluding carboxylic acids is 1. The fourth-order valence-electron chi connectivity index (χ4n) is 2.64. The second kappa shape index (κ2) is 6.10. The Bertz CT molecular complexity index is 559. The summed E-state index contributed by atoms with van der Waals surface area (Å²) in [6.45, 7) is 8.80. The van der Waals surface area contributed by atoms with E-state index >= 15 is 0 Å². The van der Waals surface area contributed by atoms with Crippen molar-refractivity contribution in [2.75, 3.05) is 13.1 Å². The number of likely N-dealkylation sites (tertiary alicyclic amines) is 1. The maximum absolute atomic E-state index is 12.2. The fourth-order valence-corrected chi connectivity index (χ4v) is 2.64. The zero-order chi connectivity index (χ0) is 16.5. The van der Waals surface area contributed by atoms with Crippen molar-refractivity contribution in [2.45, 2.75) is 46.0 Å². The van der Waals surface area contributed by atoms with Crippen LogP contribution in [0.2, 0.25) is 0 Å². The first-order chi connectivity index (χ1) is 10.2. The normalized spacial score (nSPS) is 22.1. The van der Waals surface area contributed by atoms with E-state index in [1.807, 2.05) is 27.7 Å². The number of aromatic nitrogens is 1. The second-order valence-corrected chi connectivity index (χ2v) is 7.09. The predicted molar refractivity (Wildman–Crippen MR) is 80.4 cm³/mol. The molecule has 2 rings (SSSR count). The number of carboxylic acid groups (broad SMARTS) is 1. The van der Waals surface area contributed by atoms with Gasteiger partial charge in [0.25, 0.3) is 0 Å². The van der Waals surface area contributed by atoms with Gasteiger partial charge in [0.15, 0.2) is 5.89 Å². The third-order valence-electron chi connectivity index (χ3n) is 4.13. The van der Waals surface area contributed by atoms with Crippen LogP contribution in [0, 0.1) is 11.8 Å². The summed E-state index contributed by atoms with van der Waals surface area (Å²) in [5.74, 6) is 0.0290. The van der Waals surface area contributed by atoms with E-state index in [1.165, 1.54) is 0 Å². The summed E-state index contributed by atoms with van der Waals surface area (Å²) in [5.41, 5.74) is -0.103. The minimum absolute atomic E-state index is 0.00400. The van der Waals surface area contributed by atoms with Crippen LogP contribution in [0.3, 0.4) is 0 Å². The van der Waals surface area contributed by atoms with E-state index in [0.717, 1.165) is 5.76 Å². The van der Waals surface area contributed by atoms with Crippen LogP contribution < -0.4 is 0 Å². The Morgan fingerprint density at radius 1 is 1.41 bits per heavy atom. The molecule has 0 unspecified atom stereocenters. The third-order valence-corrected chi connectivity index (χ3v) is 4.13. The van der Waals surface area contributed by atoms with Gasteiger partial charge in [0.1, 0.15) is 5.76 Å². The highest BCUT2D eigenvalue weighted by atomic mass is 16.4. The third kappa shape index (κ3) is 3.67. The van der Waals surface area contributed by atoms with Gasteiger partial charge in [0, 0.05) is 31.3 Å². The van der Waals surface area contributed by atoms with Crippen molar-refractivity contribution in [2.24, 2.45) is 11.8 Å². The first kappa shape index (κ1) is 16.5. The van der Waals surface area contributed by atoms with Crippen molar-refractivity contribution in [3.8, 4) is 0 Å². The number of hydrogen-bond acceptors (Lipinski definition) is 4. The Hall–Kier alpha value is -1.85. The van der Waals surface area contributed by atoms with Gasteiger partial charge in [-0.05, 0) is 5.92 Å². The van der Waals surface area contributed by atoms with Gasteiger partial charge in [-0.2, -0.15) is 0 Å². The summed E-state index contributed by atoms with van der Waals surface area (Å²) in [6.07, 6.45) is 2.44. The topological polar surface area (TPSA) is 83.6 Å². The first-order valence-corrected chi connectivity index (χ1v) is 7.64. The number of carbonyl (C=O) groups is 2. The van der Waals surface area contributed by atoms with Gasteiger partial charge >= 0.3 is 5.97 Å². The first-order valence-electron chi connectivity index (χ1n) is 7.64. The summed E-state index contributed by atoms with van der Waals surface area (Å²) in [6, 6.07) is 0. The molecule has 6 heteroatoms. The monoisotopic (exact) mass is 308 g/mol. The zero-order valence-corrected chi connectivity index (χ0v) is 13.6. The number of hydrogen-bond donors (Lipinski definition) is 1. The van der Waals surface area contributed by atoms with Gasteiger partial charge in [-0.25, -0.2) is 4.98 Å². The SMILES string of the molecule is C[C@@H]1CN(C(=O)CCc2ncc(C(C)(C)C)o2)C[C@H]1C(=O)O. The molecule has 1 saturated heterocycles. The number of aliphatic carboxylic acids is 1. The Kier molecular flexibility index (Phi) is 4.58. The minimum Gasteiger partial charge on any atom is -0.481 e. The van der Waals surface area contributed by atoms with Gasteiger partial charge in [-0.1, -0.05) is 27.7 Å². The molecule has 1 aromatic rings. The summed E-state index contributed by atoms with van der Waals surface area (Å²) in [4.78, 5) is 29.1. The zero-order valence-electron chi connectivity index (χ0n) is 13.6. The van der Waals surface area contributed by atoms with Crippen molar-refractivity contribution in [3.05, 3.63) is 17.8 Å². The molecule has 1 aromatic heterocycles. The van der Waals surface area contributed by atoms with Gasteiger partial charge < -0.3 is 14.4 Å². The van der Waals surface area contributed by atoms with Crippen LogP contribution in [-0.4, -0.2) is 40.0 Å². The van der Waals surface area contributed by atoms with E-state index in [4.69, 9.17) is 9.52 Å². The summed E-state index contributed by atoms with van der Waals surface area (Å²) in [7, 11) is 0. The lowest BCUT2D eigenvalue weighted by atomic mass is 9.94. The smallest absolute Gasteiger partial charge is 0.308 e. The van der Waals surface area contributed by atoms with Crippen LogP contribution in [0.5, 0.6) is 0 Å². The lowest BCUT2D eigenvalue weighted by Gasteiger charge is -2.15. The van der Waals surface area contributed by atoms with Gasteiger partial charge in [0.05, 0.1) is 12.1 Å². The van der Waals surface area contributed by atoms with E-state index in [-0.39, 0.29) is 17.2 Å². The minimum atomic E-state index is -0.828. The van der Waals surface area contributed by atoms with Gasteiger partial charge in [0.2, 0.25) is 5.91 Å². The maximum Gasteiger partial charge on any atom is 0.308 e. The van der Waals surface area contributed by atoms with E-state index in [0.29, 0.717) is 31.8 Å². The van der Waals surface area contributed by atoms with E-state index < -0.39 is 11.9 Å². The molecule has 1 fully saturated rings. The molecule has 0 saturated carbocycles. The highest BCUT2D eigenvalue weighted by Gasteiger charge is 2.36. The molecule has 0 aromatic carbocycles. The molecule has 0 bridgehead atoms. The average molecular weight is 308 g/mol. The van der Waals surface area contributed by atoms with Crippen molar-refractivity contribution in [1.82, 2.24) is 9.88 Å². The molecule has 2 atom stereocenters. The molecular formula is C16H24N2O4. The molecule has 2 heterocycles. The predicted octanol–water partition coefficient (Wildman–Crippen LogP) is 2.08. The standard InChI is InChI=1S/C16H24N2O4/c1-10-8-18(9-11(10)15(20)21)14(19)6-5-13-17-7-12(22-13)16(2,3)4/h7,10-11H,5-6,8-9H2,1-4H3,(H,20,21)/t10-,11-/m1/s1. The van der Waals surface area contributed by atoms with Crippen molar-refractivity contribution in [1.29, 1.82) is 0 Å². The summed E-state index contributed by atoms with van der Waals surface area (Å²) >= 11 is 0. The Labute approximate surface area is 130 Å². The number of amides is 1. The van der Waals surface area contributed by atoms with Crippen LogP contribution in [0.25, 0.3) is 0 Å². The van der Waals surface area contributed by atoms with Gasteiger partial charge in [-0.15, -0.1) is 0 Å². The lowest BCUT2D eigenvalue weighted by molar-refractivity contribution is -0.142. The van der Waals surface area contributed by atoms with Crippen LogP contribution in [0.4, 0.5) is 0 Å². The number of aryl methyl sites for hydroxylation is 1. The maximum atomic E-state index is 12.2. The fraction of sp³-hybridized carbons (Fsp3) is 0.688. The lowest BCUT2D eigenvalue weighted by Crippen LogP contribution is -2.30. The molecule has 1 aliphatic rings. The number of nitrogens with zero attached hydrogens (tertiary/aromatic N) is 2. The number of rotatable bonds is 4. The highest BCUT2D eigenvalue weighted by molar-refractivity contribution is 5.79. The Balaban J connectivity index is 1.88. The molecule has 22 heavy (non-hydrogen) atoms. The van der Waals surface area contributed by atoms with Crippen molar-refractivity contribution >= 4 is 11.9 Å². The average Bonchev–Trinajstić information content (AvgIpc) is 3.01. The van der Waals surface area contributed by atoms with E-state index in [2.05, 4.69) is 4.98 Å². The number of carboxylic acids is 1.